The first kappa shape index (κ1) is 8.02. The van der Waals surface area contributed by atoms with E-state index in [1.165, 1.54) is 18.4 Å². The summed E-state index contributed by atoms with van der Waals surface area (Å²) in [5.74, 6) is 0. The van der Waals surface area contributed by atoms with Gasteiger partial charge >= 0.3 is 0 Å². The van der Waals surface area contributed by atoms with E-state index in [4.69, 9.17) is 4.74 Å². The second-order valence-corrected chi connectivity index (χ2v) is 3.25. The molecule has 0 aromatic rings. The van der Waals surface area contributed by atoms with E-state index in [1.54, 1.807) is 0 Å². The zero-order chi connectivity index (χ0) is 8.23. The van der Waals surface area contributed by atoms with Crippen LogP contribution >= 0.6 is 0 Å². The molecule has 0 aromatic carbocycles. The van der Waals surface area contributed by atoms with E-state index in [-0.39, 0.29) is 0 Å². The van der Waals surface area contributed by atoms with Gasteiger partial charge in [0, 0.05) is 13.1 Å². The smallest absolute Gasteiger partial charge is 0.0946 e. The van der Waals surface area contributed by atoms with Crippen LogP contribution < -0.4 is 5.32 Å². The van der Waals surface area contributed by atoms with Crippen LogP contribution in [0.3, 0.4) is 0 Å². The zero-order valence-corrected chi connectivity index (χ0v) is 7.25. The Kier molecular flexibility index (Phi) is 2.59. The third-order valence-electron chi connectivity index (χ3n) is 2.32. The van der Waals surface area contributed by atoms with Gasteiger partial charge in [-0.25, -0.2) is 0 Å². The standard InChI is InChI=1S/C10H15NO/c1-2-4-9(5-3-1)10-8-11-6-7-12-10/h2,4-5,10-11H,1,3,6-8H2/t10-/m0/s1. The fraction of sp³-hybridized carbons (Fsp3) is 0.600. The largest absolute Gasteiger partial charge is 0.371 e. The second-order valence-electron chi connectivity index (χ2n) is 3.25. The fourth-order valence-electron chi connectivity index (χ4n) is 1.65. The summed E-state index contributed by atoms with van der Waals surface area (Å²) in [7, 11) is 0. The average molecular weight is 165 g/mol. The Morgan fingerprint density at radius 2 is 2.42 bits per heavy atom. The van der Waals surface area contributed by atoms with Gasteiger partial charge < -0.3 is 10.1 Å². The van der Waals surface area contributed by atoms with Gasteiger partial charge in [0.2, 0.25) is 0 Å². The van der Waals surface area contributed by atoms with Crippen LogP contribution in [-0.2, 0) is 4.74 Å². The molecule has 12 heavy (non-hydrogen) atoms. The molecule has 2 nitrogen and oxygen atoms in total. The lowest BCUT2D eigenvalue weighted by atomic mass is 10.0. The van der Waals surface area contributed by atoms with Crippen molar-refractivity contribution in [1.29, 1.82) is 0 Å². The highest BCUT2D eigenvalue weighted by Gasteiger charge is 2.16. The topological polar surface area (TPSA) is 21.3 Å². The maximum absolute atomic E-state index is 5.64. The van der Waals surface area contributed by atoms with Gasteiger partial charge in [0.25, 0.3) is 0 Å². The highest BCUT2D eigenvalue weighted by Crippen LogP contribution is 2.16. The molecule has 0 saturated carbocycles. The molecule has 0 amide bonds. The van der Waals surface area contributed by atoms with Crippen LogP contribution in [0.1, 0.15) is 12.8 Å². The fourth-order valence-corrected chi connectivity index (χ4v) is 1.65. The van der Waals surface area contributed by atoms with Crippen LogP contribution in [0, 0.1) is 0 Å². The Bertz CT molecular complexity index is 202. The van der Waals surface area contributed by atoms with Crippen LogP contribution in [-0.4, -0.2) is 25.8 Å². The van der Waals surface area contributed by atoms with Crippen molar-refractivity contribution >= 4 is 0 Å². The molecule has 0 bridgehead atoms. The Morgan fingerprint density at radius 3 is 3.08 bits per heavy atom. The van der Waals surface area contributed by atoms with Crippen molar-refractivity contribution in [2.45, 2.75) is 18.9 Å². The van der Waals surface area contributed by atoms with E-state index < -0.39 is 0 Å². The molecule has 1 heterocycles. The maximum atomic E-state index is 5.64. The van der Waals surface area contributed by atoms with E-state index >= 15 is 0 Å². The van der Waals surface area contributed by atoms with Crippen molar-refractivity contribution in [3.05, 3.63) is 23.8 Å². The van der Waals surface area contributed by atoms with Crippen molar-refractivity contribution in [1.82, 2.24) is 5.32 Å². The van der Waals surface area contributed by atoms with Crippen molar-refractivity contribution in [3.8, 4) is 0 Å². The molecule has 2 aliphatic rings. The van der Waals surface area contributed by atoms with E-state index in [0.717, 1.165) is 19.7 Å². The van der Waals surface area contributed by atoms with Gasteiger partial charge in [-0.2, -0.15) is 0 Å². The molecule has 1 N–H and O–H groups in total. The van der Waals surface area contributed by atoms with Crippen LogP contribution in [0.2, 0.25) is 0 Å². The maximum Gasteiger partial charge on any atom is 0.0946 e. The summed E-state index contributed by atoms with van der Waals surface area (Å²) in [4.78, 5) is 0. The van der Waals surface area contributed by atoms with Crippen LogP contribution in [0.4, 0.5) is 0 Å². The molecule has 1 atom stereocenters. The molecular weight excluding hydrogens is 150 g/mol. The van der Waals surface area contributed by atoms with Gasteiger partial charge in [-0.15, -0.1) is 0 Å². The molecule has 1 fully saturated rings. The summed E-state index contributed by atoms with van der Waals surface area (Å²) >= 11 is 0. The molecular formula is C10H15NO. The summed E-state index contributed by atoms with van der Waals surface area (Å²) in [5, 5.41) is 3.33. The minimum absolute atomic E-state index is 0.301. The minimum atomic E-state index is 0.301. The molecule has 2 rings (SSSR count). The Hall–Kier alpha value is -0.600. The molecule has 1 saturated heterocycles. The number of hydrogen-bond donors (Lipinski definition) is 1. The molecule has 1 aliphatic heterocycles. The van der Waals surface area contributed by atoms with Crippen molar-refractivity contribution < 1.29 is 4.74 Å². The van der Waals surface area contributed by atoms with E-state index in [9.17, 15) is 0 Å². The van der Waals surface area contributed by atoms with E-state index in [0.29, 0.717) is 6.10 Å². The predicted octanol–water partition coefficient (Wildman–Crippen LogP) is 1.25. The average Bonchev–Trinajstić information content (AvgIpc) is 2.21. The van der Waals surface area contributed by atoms with Crippen LogP contribution in [0.15, 0.2) is 23.8 Å². The van der Waals surface area contributed by atoms with Crippen LogP contribution in [0.25, 0.3) is 0 Å². The van der Waals surface area contributed by atoms with Gasteiger partial charge in [0.1, 0.15) is 0 Å². The molecule has 2 heteroatoms. The summed E-state index contributed by atoms with van der Waals surface area (Å²) in [6.45, 7) is 2.81. The number of ether oxygens (including phenoxy) is 1. The summed E-state index contributed by atoms with van der Waals surface area (Å²) in [5.41, 5.74) is 1.36. The van der Waals surface area contributed by atoms with Gasteiger partial charge in [-0.05, 0) is 18.4 Å². The summed E-state index contributed by atoms with van der Waals surface area (Å²) in [6.07, 6.45) is 9.37. The predicted molar refractivity (Wildman–Crippen MR) is 49.1 cm³/mol. The zero-order valence-electron chi connectivity index (χ0n) is 7.25. The molecule has 0 spiro atoms. The number of morpholine rings is 1. The van der Waals surface area contributed by atoms with Gasteiger partial charge in [0.05, 0.1) is 12.7 Å². The number of nitrogens with one attached hydrogen (secondary N) is 1. The van der Waals surface area contributed by atoms with Crippen LogP contribution in [0.5, 0.6) is 0 Å². The van der Waals surface area contributed by atoms with Crippen molar-refractivity contribution in [2.75, 3.05) is 19.7 Å². The number of allylic oxidation sites excluding steroid dienone is 2. The van der Waals surface area contributed by atoms with Gasteiger partial charge in [-0.1, -0.05) is 18.2 Å². The van der Waals surface area contributed by atoms with Crippen molar-refractivity contribution in [3.63, 3.8) is 0 Å². The van der Waals surface area contributed by atoms with Gasteiger partial charge in [0.15, 0.2) is 0 Å². The molecule has 0 aromatic heterocycles. The lowest BCUT2D eigenvalue weighted by Crippen LogP contribution is -2.39. The first-order chi connectivity index (χ1) is 5.97. The third-order valence-corrected chi connectivity index (χ3v) is 2.32. The molecule has 0 radical (unpaired) electrons. The van der Waals surface area contributed by atoms with E-state index in [1.807, 2.05) is 0 Å². The summed E-state index contributed by atoms with van der Waals surface area (Å²) in [6, 6.07) is 0. The van der Waals surface area contributed by atoms with E-state index in [2.05, 4.69) is 23.5 Å². The second kappa shape index (κ2) is 3.87. The van der Waals surface area contributed by atoms with Crippen molar-refractivity contribution in [2.24, 2.45) is 0 Å². The monoisotopic (exact) mass is 165 g/mol. The SMILES string of the molecule is C1=CC([C@@H]2CNCCO2)=CCC1. The first-order valence-electron chi connectivity index (χ1n) is 4.66. The lowest BCUT2D eigenvalue weighted by Gasteiger charge is -2.25. The van der Waals surface area contributed by atoms with Gasteiger partial charge in [-0.3, -0.25) is 0 Å². The highest BCUT2D eigenvalue weighted by molar-refractivity contribution is 5.26. The first-order valence-corrected chi connectivity index (χ1v) is 4.66. The normalized spacial score (nSPS) is 30.0. The third kappa shape index (κ3) is 1.76. The lowest BCUT2D eigenvalue weighted by molar-refractivity contribution is 0.0536. The number of rotatable bonds is 1. The summed E-state index contributed by atoms with van der Waals surface area (Å²) < 4.78 is 5.64. The Labute approximate surface area is 73.3 Å². The molecule has 66 valence electrons. The molecule has 0 unspecified atom stereocenters. The Morgan fingerprint density at radius 1 is 1.42 bits per heavy atom. The molecule has 1 aliphatic carbocycles. The quantitative estimate of drug-likeness (QED) is 0.631. The highest BCUT2D eigenvalue weighted by atomic mass is 16.5. The number of hydrogen-bond acceptors (Lipinski definition) is 2. The Balaban J connectivity index is 1.97. The minimum Gasteiger partial charge on any atom is -0.371 e.